The zero-order chi connectivity index (χ0) is 14.1. The van der Waals surface area contributed by atoms with Crippen LogP contribution in [0.5, 0.6) is 0 Å². The molecule has 3 heterocycles. The molecule has 0 saturated carbocycles. The molecule has 2 N–H and O–H groups in total. The molecule has 0 aliphatic carbocycles. The van der Waals surface area contributed by atoms with Crippen LogP contribution >= 0.6 is 0 Å². The molecule has 0 unspecified atom stereocenters. The number of rotatable bonds is 2. The van der Waals surface area contributed by atoms with Crippen molar-refractivity contribution < 1.29 is 4.79 Å². The third-order valence-corrected chi connectivity index (χ3v) is 3.65. The Balaban J connectivity index is 1.87. The Kier molecular flexibility index (Phi) is 3.40. The Hall–Kier alpha value is -1.95. The second-order valence-corrected chi connectivity index (χ2v) is 5.35. The monoisotopic (exact) mass is 273 g/mol. The molecule has 0 spiro atoms. The molecule has 1 fully saturated rings. The first-order valence-electron chi connectivity index (χ1n) is 6.99. The molecule has 0 radical (unpaired) electrons. The first-order chi connectivity index (χ1) is 9.65. The summed E-state index contributed by atoms with van der Waals surface area (Å²) in [5.74, 6) is -0.0915. The first-order valence-corrected chi connectivity index (χ1v) is 6.99. The number of aryl methyl sites for hydroxylation is 2. The van der Waals surface area contributed by atoms with E-state index in [1.54, 1.807) is 10.7 Å². The molecule has 20 heavy (non-hydrogen) atoms. The maximum atomic E-state index is 12.4. The van der Waals surface area contributed by atoms with Crippen molar-refractivity contribution in [3.8, 4) is 0 Å². The molecule has 2 aromatic heterocycles. The lowest BCUT2D eigenvalue weighted by Gasteiger charge is -2.23. The van der Waals surface area contributed by atoms with Gasteiger partial charge >= 0.3 is 0 Å². The summed E-state index contributed by atoms with van der Waals surface area (Å²) in [4.78, 5) is 16.8. The van der Waals surface area contributed by atoms with Gasteiger partial charge in [0, 0.05) is 24.0 Å². The fourth-order valence-electron chi connectivity index (χ4n) is 2.67. The minimum atomic E-state index is -0.0915. The highest BCUT2D eigenvalue weighted by molar-refractivity contribution is 5.99. The number of carbonyl (C=O) groups is 1. The van der Waals surface area contributed by atoms with Gasteiger partial charge in [0.1, 0.15) is 5.56 Å². The number of piperidine rings is 1. The zero-order valence-electron chi connectivity index (χ0n) is 11.8. The van der Waals surface area contributed by atoms with E-state index in [9.17, 15) is 4.79 Å². The highest BCUT2D eigenvalue weighted by atomic mass is 16.1. The maximum absolute atomic E-state index is 12.4. The first kappa shape index (κ1) is 13.1. The van der Waals surface area contributed by atoms with E-state index in [0.717, 1.165) is 37.3 Å². The molecule has 1 aliphatic heterocycles. The average molecular weight is 273 g/mol. The highest BCUT2D eigenvalue weighted by Gasteiger charge is 2.20. The standard InChI is InChI=1S/C14H19N5O/c1-9-6-10(2)19-13(17-9)12(8-16-19)14(20)18-11-4-3-5-15-7-11/h6,8,11,15H,3-5,7H2,1-2H3,(H,18,20)/t11-/m0/s1. The van der Waals surface area contributed by atoms with Gasteiger partial charge in [-0.1, -0.05) is 0 Å². The van der Waals surface area contributed by atoms with E-state index >= 15 is 0 Å². The van der Waals surface area contributed by atoms with Crippen LogP contribution in [0.1, 0.15) is 34.6 Å². The summed E-state index contributed by atoms with van der Waals surface area (Å²) < 4.78 is 1.71. The molecule has 3 rings (SSSR count). The summed E-state index contributed by atoms with van der Waals surface area (Å²) in [7, 11) is 0. The Morgan fingerprint density at radius 2 is 2.35 bits per heavy atom. The van der Waals surface area contributed by atoms with Crippen molar-refractivity contribution in [3.63, 3.8) is 0 Å². The van der Waals surface area contributed by atoms with Crippen molar-refractivity contribution in [2.45, 2.75) is 32.7 Å². The van der Waals surface area contributed by atoms with Crippen LogP contribution < -0.4 is 10.6 Å². The van der Waals surface area contributed by atoms with Crippen molar-refractivity contribution in [3.05, 3.63) is 29.2 Å². The van der Waals surface area contributed by atoms with Crippen molar-refractivity contribution in [1.82, 2.24) is 25.2 Å². The van der Waals surface area contributed by atoms with Gasteiger partial charge in [-0.15, -0.1) is 0 Å². The highest BCUT2D eigenvalue weighted by Crippen LogP contribution is 2.12. The van der Waals surface area contributed by atoms with Crippen LogP contribution in [0.2, 0.25) is 0 Å². The topological polar surface area (TPSA) is 71.3 Å². The summed E-state index contributed by atoms with van der Waals surface area (Å²) >= 11 is 0. The minimum Gasteiger partial charge on any atom is -0.348 e. The van der Waals surface area contributed by atoms with E-state index in [0.29, 0.717) is 11.2 Å². The maximum Gasteiger partial charge on any atom is 0.257 e. The largest absolute Gasteiger partial charge is 0.348 e. The molecule has 6 nitrogen and oxygen atoms in total. The Bertz CT molecular complexity index is 642. The summed E-state index contributed by atoms with van der Waals surface area (Å²) in [5.41, 5.74) is 3.04. The van der Waals surface area contributed by atoms with Crippen LogP contribution in [0.15, 0.2) is 12.3 Å². The summed E-state index contributed by atoms with van der Waals surface area (Å²) in [6.45, 7) is 5.74. The molecule has 106 valence electrons. The number of fused-ring (bicyclic) bond motifs is 1. The van der Waals surface area contributed by atoms with Crippen LogP contribution in [0.3, 0.4) is 0 Å². The van der Waals surface area contributed by atoms with Crippen molar-refractivity contribution in [2.24, 2.45) is 0 Å². The van der Waals surface area contributed by atoms with Crippen molar-refractivity contribution >= 4 is 11.6 Å². The Morgan fingerprint density at radius 3 is 3.10 bits per heavy atom. The fourth-order valence-corrected chi connectivity index (χ4v) is 2.67. The van der Waals surface area contributed by atoms with Gasteiger partial charge in [0.05, 0.1) is 6.20 Å². The summed E-state index contributed by atoms with van der Waals surface area (Å²) in [5, 5.41) is 10.6. The van der Waals surface area contributed by atoms with E-state index in [2.05, 4.69) is 20.7 Å². The number of carbonyl (C=O) groups excluding carboxylic acids is 1. The SMILES string of the molecule is Cc1cc(C)n2ncc(C(=O)N[C@H]3CCCNC3)c2n1. The molecule has 1 atom stereocenters. The smallest absolute Gasteiger partial charge is 0.257 e. The lowest BCUT2D eigenvalue weighted by atomic mass is 10.1. The van der Waals surface area contributed by atoms with Crippen LogP contribution in [-0.4, -0.2) is 39.6 Å². The molecule has 0 aromatic carbocycles. The molecular formula is C14H19N5O. The Labute approximate surface area is 117 Å². The van der Waals surface area contributed by atoms with E-state index in [1.807, 2.05) is 19.9 Å². The molecule has 6 heteroatoms. The molecular weight excluding hydrogens is 254 g/mol. The summed E-state index contributed by atoms with van der Waals surface area (Å²) in [6, 6.07) is 2.14. The number of hydrogen-bond donors (Lipinski definition) is 2. The van der Waals surface area contributed by atoms with Gasteiger partial charge in [-0.05, 0) is 39.3 Å². The van der Waals surface area contributed by atoms with Gasteiger partial charge < -0.3 is 10.6 Å². The van der Waals surface area contributed by atoms with Crippen molar-refractivity contribution in [2.75, 3.05) is 13.1 Å². The average Bonchev–Trinajstić information content (AvgIpc) is 2.84. The van der Waals surface area contributed by atoms with Crippen LogP contribution in [0.4, 0.5) is 0 Å². The van der Waals surface area contributed by atoms with Crippen LogP contribution in [0, 0.1) is 13.8 Å². The zero-order valence-corrected chi connectivity index (χ0v) is 11.8. The third kappa shape index (κ3) is 2.38. The third-order valence-electron chi connectivity index (χ3n) is 3.65. The molecule has 1 aliphatic rings. The summed E-state index contributed by atoms with van der Waals surface area (Å²) in [6.07, 6.45) is 3.71. The molecule has 0 bridgehead atoms. The van der Waals surface area contributed by atoms with Gasteiger partial charge in [0.25, 0.3) is 5.91 Å². The number of amides is 1. The quantitative estimate of drug-likeness (QED) is 0.850. The second kappa shape index (κ2) is 5.20. The number of nitrogens with one attached hydrogen (secondary N) is 2. The molecule has 1 amide bonds. The van der Waals surface area contributed by atoms with Gasteiger partial charge in [-0.25, -0.2) is 9.50 Å². The lowest BCUT2D eigenvalue weighted by molar-refractivity contribution is 0.0932. The van der Waals surface area contributed by atoms with E-state index < -0.39 is 0 Å². The lowest BCUT2D eigenvalue weighted by Crippen LogP contribution is -2.45. The van der Waals surface area contributed by atoms with Crippen molar-refractivity contribution in [1.29, 1.82) is 0 Å². The predicted octanol–water partition coefficient (Wildman–Crippen LogP) is 0.828. The van der Waals surface area contributed by atoms with E-state index in [4.69, 9.17) is 0 Å². The Morgan fingerprint density at radius 1 is 1.50 bits per heavy atom. The number of nitrogens with zero attached hydrogens (tertiary/aromatic N) is 3. The molecule has 1 saturated heterocycles. The normalized spacial score (nSPS) is 19.2. The second-order valence-electron chi connectivity index (χ2n) is 5.35. The van der Waals surface area contributed by atoms with Crippen LogP contribution in [0.25, 0.3) is 5.65 Å². The number of aromatic nitrogens is 3. The fraction of sp³-hybridized carbons (Fsp3) is 0.500. The van der Waals surface area contributed by atoms with Gasteiger partial charge in [-0.2, -0.15) is 5.10 Å². The van der Waals surface area contributed by atoms with Gasteiger partial charge in [-0.3, -0.25) is 4.79 Å². The molecule has 2 aromatic rings. The number of hydrogen-bond acceptors (Lipinski definition) is 4. The minimum absolute atomic E-state index is 0.0915. The van der Waals surface area contributed by atoms with Gasteiger partial charge in [0.2, 0.25) is 0 Å². The predicted molar refractivity (Wildman–Crippen MR) is 75.8 cm³/mol. The van der Waals surface area contributed by atoms with E-state index in [-0.39, 0.29) is 11.9 Å². The van der Waals surface area contributed by atoms with Gasteiger partial charge in [0.15, 0.2) is 5.65 Å². The van der Waals surface area contributed by atoms with E-state index in [1.165, 1.54) is 0 Å². The van der Waals surface area contributed by atoms with Crippen LogP contribution in [-0.2, 0) is 0 Å².